The first kappa shape index (κ1) is 21.3. The predicted octanol–water partition coefficient (Wildman–Crippen LogP) is 6.62. The maximum Gasteiger partial charge on any atom is 0.242 e. The van der Waals surface area contributed by atoms with Crippen LogP contribution in [0.25, 0.3) is 0 Å². The number of hydrogen-bond donors (Lipinski definition) is 0. The molecule has 5 heteroatoms. The molecule has 1 aromatic carbocycles. The van der Waals surface area contributed by atoms with Gasteiger partial charge in [-0.1, -0.05) is 13.0 Å². The van der Waals surface area contributed by atoms with Gasteiger partial charge in [-0.2, -0.15) is 0 Å². The average molecular weight is 431 g/mol. The van der Waals surface area contributed by atoms with Crippen molar-refractivity contribution in [3.8, 4) is 5.75 Å². The third-order valence-electron chi connectivity index (χ3n) is 7.42. The van der Waals surface area contributed by atoms with Gasteiger partial charge in [0.05, 0.1) is 6.10 Å². The Hall–Kier alpha value is -0.916. The number of benzene rings is 1. The molecule has 0 aliphatic heterocycles. The Morgan fingerprint density at radius 1 is 1.00 bits per heavy atom. The van der Waals surface area contributed by atoms with E-state index in [4.69, 9.17) is 8.85 Å². The Bertz CT molecular complexity index is 807. The van der Waals surface area contributed by atoms with E-state index in [1.807, 2.05) is 6.07 Å². The normalized spacial score (nSPS) is 34.4. The van der Waals surface area contributed by atoms with Crippen molar-refractivity contribution in [2.45, 2.75) is 90.3 Å². The summed E-state index contributed by atoms with van der Waals surface area (Å²) in [6.07, 6.45) is 5.86. The van der Waals surface area contributed by atoms with Gasteiger partial charge in [-0.3, -0.25) is 4.79 Å². The van der Waals surface area contributed by atoms with E-state index in [0.29, 0.717) is 36.1 Å². The Morgan fingerprint density at radius 3 is 2.38 bits per heavy atom. The molecule has 2 fully saturated rings. The number of Topliss-reactive ketones (excluding diaryl/α,β-unsaturated/α-hetero) is 1. The molecule has 0 heterocycles. The molecule has 0 saturated heterocycles. The minimum atomic E-state index is -1.68. The Labute approximate surface area is 178 Å². The number of carbonyl (C=O) groups is 1. The standard InChI is InChI=1S/C24H38O3Si2/c1-24-13-12-18-17-9-8-16(26-28(2,3)4)14-20(17)22(25)15-19(18)21(24)10-11-23(24)27-29(5,6)7/h8-9,14,18-19,21,23H,10-13,15H2,1-7H3. The first-order valence-electron chi connectivity index (χ1n) is 11.4. The van der Waals surface area contributed by atoms with Crippen LogP contribution in [0.4, 0.5) is 0 Å². The number of ketones is 1. The quantitative estimate of drug-likeness (QED) is 0.504. The van der Waals surface area contributed by atoms with Gasteiger partial charge in [0.25, 0.3) is 0 Å². The van der Waals surface area contributed by atoms with Gasteiger partial charge in [0, 0.05) is 12.0 Å². The zero-order valence-electron chi connectivity index (χ0n) is 19.3. The molecular weight excluding hydrogens is 392 g/mol. The lowest BCUT2D eigenvalue weighted by molar-refractivity contribution is -0.0123. The molecular formula is C24H38O3Si2. The fraction of sp³-hybridized carbons (Fsp3) is 0.708. The number of hydrogen-bond acceptors (Lipinski definition) is 3. The molecule has 5 unspecified atom stereocenters. The summed E-state index contributed by atoms with van der Waals surface area (Å²) in [4.78, 5) is 13.2. The van der Waals surface area contributed by atoms with E-state index in [2.05, 4.69) is 58.3 Å². The second-order valence-corrected chi connectivity index (χ2v) is 20.7. The molecule has 1 aromatic rings. The van der Waals surface area contributed by atoms with E-state index < -0.39 is 16.6 Å². The predicted molar refractivity (Wildman–Crippen MR) is 124 cm³/mol. The summed E-state index contributed by atoms with van der Waals surface area (Å²) >= 11 is 0. The Kier molecular flexibility index (Phi) is 5.19. The maximum atomic E-state index is 13.2. The molecule has 0 N–H and O–H groups in total. The fourth-order valence-corrected chi connectivity index (χ4v) is 8.45. The molecule has 0 bridgehead atoms. The van der Waals surface area contributed by atoms with Crippen LogP contribution in [0.15, 0.2) is 18.2 Å². The van der Waals surface area contributed by atoms with E-state index in [9.17, 15) is 4.79 Å². The van der Waals surface area contributed by atoms with Gasteiger partial charge in [0.1, 0.15) is 5.75 Å². The van der Waals surface area contributed by atoms with Crippen LogP contribution in [-0.2, 0) is 4.43 Å². The van der Waals surface area contributed by atoms with E-state index in [1.54, 1.807) is 0 Å². The topological polar surface area (TPSA) is 35.5 Å². The van der Waals surface area contributed by atoms with Gasteiger partial charge < -0.3 is 8.85 Å². The molecule has 29 heavy (non-hydrogen) atoms. The highest BCUT2D eigenvalue weighted by molar-refractivity contribution is 6.70. The van der Waals surface area contributed by atoms with Crippen LogP contribution in [0.5, 0.6) is 5.75 Å². The zero-order valence-corrected chi connectivity index (χ0v) is 21.3. The van der Waals surface area contributed by atoms with Crippen molar-refractivity contribution in [1.82, 2.24) is 0 Å². The largest absolute Gasteiger partial charge is 0.544 e. The number of rotatable bonds is 4. The molecule has 0 spiro atoms. The van der Waals surface area contributed by atoms with Crippen LogP contribution in [0.3, 0.4) is 0 Å². The summed E-state index contributed by atoms with van der Waals surface area (Å²) < 4.78 is 12.8. The van der Waals surface area contributed by atoms with Crippen molar-refractivity contribution in [3.63, 3.8) is 0 Å². The fourth-order valence-electron chi connectivity index (χ4n) is 6.37. The van der Waals surface area contributed by atoms with Crippen LogP contribution in [-0.4, -0.2) is 28.5 Å². The molecule has 0 aromatic heterocycles. The SMILES string of the molecule is CC12CCC3c4ccc(O[Si](C)(C)C)cc4C(=O)CC3C1CCC2O[Si](C)(C)C. The van der Waals surface area contributed by atoms with Gasteiger partial charge in [0.15, 0.2) is 14.1 Å². The van der Waals surface area contributed by atoms with E-state index in [1.165, 1.54) is 31.2 Å². The third kappa shape index (κ3) is 4.02. The van der Waals surface area contributed by atoms with E-state index in [0.717, 1.165) is 11.3 Å². The molecule has 3 nitrogen and oxygen atoms in total. The molecule has 3 aliphatic carbocycles. The van der Waals surface area contributed by atoms with Crippen molar-refractivity contribution in [1.29, 1.82) is 0 Å². The van der Waals surface area contributed by atoms with Crippen LogP contribution in [0, 0.1) is 17.3 Å². The monoisotopic (exact) mass is 430 g/mol. The van der Waals surface area contributed by atoms with Crippen LogP contribution in [0.1, 0.15) is 60.9 Å². The Balaban J connectivity index is 1.61. The highest BCUT2D eigenvalue weighted by Crippen LogP contribution is 2.61. The smallest absolute Gasteiger partial charge is 0.242 e. The van der Waals surface area contributed by atoms with Crippen LogP contribution >= 0.6 is 0 Å². The molecule has 2 saturated carbocycles. The summed E-state index contributed by atoms with van der Waals surface area (Å²) in [6.45, 7) is 15.9. The number of fused-ring (bicyclic) bond motifs is 5. The Morgan fingerprint density at radius 2 is 1.72 bits per heavy atom. The average Bonchev–Trinajstić information content (AvgIpc) is 2.89. The van der Waals surface area contributed by atoms with Crippen molar-refractivity contribution >= 4 is 22.4 Å². The lowest BCUT2D eigenvalue weighted by Crippen LogP contribution is -2.47. The summed E-state index contributed by atoms with van der Waals surface area (Å²) in [6, 6.07) is 6.34. The van der Waals surface area contributed by atoms with Gasteiger partial charge >= 0.3 is 0 Å². The summed E-state index contributed by atoms with van der Waals surface area (Å²) in [5.41, 5.74) is 2.45. The van der Waals surface area contributed by atoms with Gasteiger partial charge in [-0.25, -0.2) is 0 Å². The minimum Gasteiger partial charge on any atom is -0.544 e. The molecule has 160 valence electrons. The van der Waals surface area contributed by atoms with Gasteiger partial charge in [-0.15, -0.1) is 0 Å². The second-order valence-electron chi connectivity index (χ2n) is 11.8. The minimum absolute atomic E-state index is 0.236. The molecule has 0 radical (unpaired) electrons. The van der Waals surface area contributed by atoms with Crippen molar-refractivity contribution in [3.05, 3.63) is 29.3 Å². The first-order chi connectivity index (χ1) is 13.4. The van der Waals surface area contributed by atoms with E-state index >= 15 is 0 Å². The highest BCUT2D eigenvalue weighted by Gasteiger charge is 2.56. The first-order valence-corrected chi connectivity index (χ1v) is 18.2. The zero-order chi connectivity index (χ0) is 21.2. The van der Waals surface area contributed by atoms with Gasteiger partial charge in [0.2, 0.25) is 8.32 Å². The molecule has 3 aliphatic rings. The summed E-state index contributed by atoms with van der Waals surface area (Å²) in [5, 5.41) is 0. The third-order valence-corrected chi connectivity index (χ3v) is 9.26. The van der Waals surface area contributed by atoms with Crippen LogP contribution in [0.2, 0.25) is 39.3 Å². The van der Waals surface area contributed by atoms with E-state index in [-0.39, 0.29) is 5.41 Å². The summed E-state index contributed by atoms with van der Waals surface area (Å²) in [5.74, 6) is 2.80. The van der Waals surface area contributed by atoms with Crippen molar-refractivity contribution in [2.75, 3.05) is 0 Å². The van der Waals surface area contributed by atoms with Crippen molar-refractivity contribution < 1.29 is 13.6 Å². The highest BCUT2D eigenvalue weighted by atomic mass is 28.4. The lowest BCUT2D eigenvalue weighted by Gasteiger charge is -2.51. The summed E-state index contributed by atoms with van der Waals surface area (Å²) in [7, 11) is -3.24. The van der Waals surface area contributed by atoms with Crippen molar-refractivity contribution in [2.24, 2.45) is 17.3 Å². The maximum absolute atomic E-state index is 13.2. The van der Waals surface area contributed by atoms with Gasteiger partial charge in [-0.05, 0) is 106 Å². The lowest BCUT2D eigenvalue weighted by atomic mass is 9.55. The number of carbonyl (C=O) groups excluding carboxylic acids is 1. The molecule has 0 amide bonds. The molecule has 5 atom stereocenters. The molecule has 4 rings (SSSR count). The second kappa shape index (κ2) is 7.06. The van der Waals surface area contributed by atoms with Crippen LogP contribution < -0.4 is 4.43 Å².